The number of ether oxygens (including phenoxy) is 2. The van der Waals surface area contributed by atoms with Crippen molar-refractivity contribution in [3.63, 3.8) is 0 Å². The average Bonchev–Trinajstić information content (AvgIpc) is 2.68. The topological polar surface area (TPSA) is 139 Å². The van der Waals surface area contributed by atoms with E-state index in [4.69, 9.17) is 17.8 Å². The van der Waals surface area contributed by atoms with E-state index in [0.717, 1.165) is 19.6 Å². The number of hydrogen-bond acceptors (Lipinski definition) is 10. The van der Waals surface area contributed by atoms with Gasteiger partial charge in [-0.2, -0.15) is 16.8 Å². The summed E-state index contributed by atoms with van der Waals surface area (Å²) in [7, 11) is -7.11. The van der Waals surface area contributed by atoms with Crippen LogP contribution in [-0.4, -0.2) is 66.2 Å². The van der Waals surface area contributed by atoms with Gasteiger partial charge < -0.3 is 9.47 Å². The summed E-state index contributed by atoms with van der Waals surface area (Å²) in [4.78, 5) is 25.4. The lowest BCUT2D eigenvalue weighted by Gasteiger charge is -2.44. The highest BCUT2D eigenvalue weighted by molar-refractivity contribution is 7.86. The Balaban J connectivity index is 2.55. The fraction of sp³-hybridized carbons (Fsp3) is 0.500. The van der Waals surface area contributed by atoms with E-state index < -0.39 is 62.3 Å². The van der Waals surface area contributed by atoms with Crippen LogP contribution in [0.2, 0.25) is 0 Å². The number of allylic oxidation sites excluding steroid dienone is 1. The molecule has 0 aromatic heterocycles. The van der Waals surface area contributed by atoms with Crippen molar-refractivity contribution in [3.05, 3.63) is 48.6 Å². The largest absolute Gasteiger partial charge is 0.467 e. The standard InChI is InChI=1S/C20H26O10S2/c1-5-9-15-12-20(19(22)27-2,30-32(4,25)26)13-16(17(15)29-31(3,23)24)28-18(21)14-10-7-6-8-11-14/h5-8,10-11,15-17H,1,9,12-13H2,2-4H3. The molecule has 4 unspecified atom stereocenters. The Kier molecular flexibility index (Phi) is 8.21. The molecule has 12 heteroatoms. The highest BCUT2D eigenvalue weighted by Gasteiger charge is 2.56. The molecule has 1 aromatic rings. The normalized spacial score (nSPS) is 26.2. The van der Waals surface area contributed by atoms with E-state index in [-0.39, 0.29) is 18.4 Å². The van der Waals surface area contributed by atoms with E-state index in [0.29, 0.717) is 0 Å². The van der Waals surface area contributed by atoms with Gasteiger partial charge in [-0.15, -0.1) is 6.58 Å². The molecular formula is C20H26O10S2. The number of methoxy groups -OCH3 is 1. The molecule has 0 saturated heterocycles. The molecule has 0 amide bonds. The quantitative estimate of drug-likeness (QED) is 0.284. The van der Waals surface area contributed by atoms with Crippen molar-refractivity contribution in [2.24, 2.45) is 5.92 Å². The van der Waals surface area contributed by atoms with Gasteiger partial charge in [0.25, 0.3) is 20.2 Å². The number of carbonyl (C=O) groups is 2. The second kappa shape index (κ2) is 10.1. The van der Waals surface area contributed by atoms with Crippen LogP contribution in [0.1, 0.15) is 29.6 Å². The van der Waals surface area contributed by atoms with Gasteiger partial charge in [-0.3, -0.25) is 8.37 Å². The van der Waals surface area contributed by atoms with E-state index >= 15 is 0 Å². The van der Waals surface area contributed by atoms with Crippen molar-refractivity contribution in [2.45, 2.75) is 37.1 Å². The van der Waals surface area contributed by atoms with Crippen LogP contribution in [0.15, 0.2) is 43.0 Å². The van der Waals surface area contributed by atoms with Crippen LogP contribution < -0.4 is 0 Å². The zero-order valence-electron chi connectivity index (χ0n) is 17.9. The molecule has 0 bridgehead atoms. The first-order valence-corrected chi connectivity index (χ1v) is 13.2. The van der Waals surface area contributed by atoms with Gasteiger partial charge in [0, 0.05) is 6.42 Å². The summed E-state index contributed by atoms with van der Waals surface area (Å²) < 4.78 is 68.5. The maximum Gasteiger partial charge on any atom is 0.339 e. The van der Waals surface area contributed by atoms with Crippen LogP contribution in [0.3, 0.4) is 0 Å². The minimum absolute atomic E-state index is 0.117. The average molecular weight is 491 g/mol. The summed E-state index contributed by atoms with van der Waals surface area (Å²) in [5.74, 6) is -2.61. The van der Waals surface area contributed by atoms with Gasteiger partial charge in [0.15, 0.2) is 5.60 Å². The minimum atomic E-state index is -4.16. The van der Waals surface area contributed by atoms with Gasteiger partial charge in [-0.05, 0) is 30.9 Å². The fourth-order valence-electron chi connectivity index (χ4n) is 3.77. The number of hydrogen-bond donors (Lipinski definition) is 0. The van der Waals surface area contributed by atoms with E-state index in [9.17, 15) is 26.4 Å². The summed E-state index contributed by atoms with van der Waals surface area (Å²) in [5, 5.41) is 0. The van der Waals surface area contributed by atoms with Crippen molar-refractivity contribution in [1.29, 1.82) is 0 Å². The van der Waals surface area contributed by atoms with Gasteiger partial charge in [0.2, 0.25) is 0 Å². The van der Waals surface area contributed by atoms with Crippen molar-refractivity contribution < 1.29 is 44.3 Å². The van der Waals surface area contributed by atoms with E-state index in [2.05, 4.69) is 6.58 Å². The first kappa shape index (κ1) is 26.0. The van der Waals surface area contributed by atoms with Gasteiger partial charge in [0.1, 0.15) is 12.2 Å². The Morgan fingerprint density at radius 3 is 2.22 bits per heavy atom. The van der Waals surface area contributed by atoms with Crippen LogP contribution >= 0.6 is 0 Å². The third-order valence-electron chi connectivity index (χ3n) is 4.85. The van der Waals surface area contributed by atoms with Crippen LogP contribution in [0, 0.1) is 5.92 Å². The van der Waals surface area contributed by atoms with Gasteiger partial charge >= 0.3 is 11.9 Å². The van der Waals surface area contributed by atoms with Crippen LogP contribution in [0.5, 0.6) is 0 Å². The zero-order chi connectivity index (χ0) is 24.2. The molecule has 0 spiro atoms. The van der Waals surface area contributed by atoms with Gasteiger partial charge in [-0.1, -0.05) is 24.3 Å². The number of rotatable bonds is 9. The van der Waals surface area contributed by atoms with Crippen LogP contribution in [0.25, 0.3) is 0 Å². The molecule has 1 aromatic carbocycles. The van der Waals surface area contributed by atoms with Crippen LogP contribution in [0.4, 0.5) is 0 Å². The fourth-order valence-corrected chi connectivity index (χ4v) is 5.24. The van der Waals surface area contributed by atoms with Crippen molar-refractivity contribution in [2.75, 3.05) is 19.6 Å². The summed E-state index contributed by atoms with van der Waals surface area (Å²) >= 11 is 0. The number of esters is 2. The maximum absolute atomic E-state index is 12.7. The van der Waals surface area contributed by atoms with E-state index in [1.807, 2.05) is 0 Å². The zero-order valence-corrected chi connectivity index (χ0v) is 19.6. The Morgan fingerprint density at radius 2 is 1.72 bits per heavy atom. The molecule has 1 aliphatic carbocycles. The van der Waals surface area contributed by atoms with Gasteiger partial charge in [-0.25, -0.2) is 9.59 Å². The molecule has 0 heterocycles. The summed E-state index contributed by atoms with van der Waals surface area (Å²) in [6.07, 6.45) is -0.155. The maximum atomic E-state index is 12.7. The predicted octanol–water partition coefficient (Wildman–Crippen LogP) is 1.43. The molecule has 10 nitrogen and oxygen atoms in total. The Morgan fingerprint density at radius 1 is 1.09 bits per heavy atom. The first-order valence-electron chi connectivity index (χ1n) is 9.54. The van der Waals surface area contributed by atoms with E-state index in [1.165, 1.54) is 18.2 Å². The molecule has 0 radical (unpaired) electrons. The lowest BCUT2D eigenvalue weighted by molar-refractivity contribution is -0.174. The molecule has 178 valence electrons. The highest BCUT2D eigenvalue weighted by atomic mass is 32.2. The van der Waals surface area contributed by atoms with Crippen LogP contribution in [-0.2, 0) is 42.9 Å². The Hall–Kier alpha value is -2.28. The molecule has 2 rings (SSSR count). The number of benzene rings is 1. The molecule has 0 aliphatic heterocycles. The molecule has 1 fully saturated rings. The molecular weight excluding hydrogens is 464 g/mol. The molecule has 32 heavy (non-hydrogen) atoms. The lowest BCUT2D eigenvalue weighted by atomic mass is 9.73. The molecule has 0 N–H and O–H groups in total. The first-order chi connectivity index (χ1) is 14.8. The highest BCUT2D eigenvalue weighted by Crippen LogP contribution is 2.42. The Bertz CT molecular complexity index is 1050. The second-order valence-electron chi connectivity index (χ2n) is 7.54. The van der Waals surface area contributed by atoms with Crippen molar-refractivity contribution >= 4 is 32.2 Å². The molecule has 1 saturated carbocycles. The molecule has 1 aliphatic rings. The summed E-state index contributed by atoms with van der Waals surface area (Å²) in [6.45, 7) is 3.62. The van der Waals surface area contributed by atoms with Crippen molar-refractivity contribution in [3.8, 4) is 0 Å². The minimum Gasteiger partial charge on any atom is -0.467 e. The monoisotopic (exact) mass is 490 g/mol. The third-order valence-corrected chi connectivity index (χ3v) is 6.04. The third kappa shape index (κ3) is 6.86. The molecule has 4 atom stereocenters. The van der Waals surface area contributed by atoms with E-state index in [1.54, 1.807) is 18.2 Å². The summed E-state index contributed by atoms with van der Waals surface area (Å²) in [5.41, 5.74) is -1.88. The smallest absolute Gasteiger partial charge is 0.339 e. The SMILES string of the molecule is C=CCC1CC(OS(C)(=O)=O)(C(=O)OC)CC(OC(=O)c2ccccc2)C1OS(C)(=O)=O. The summed E-state index contributed by atoms with van der Waals surface area (Å²) in [6, 6.07) is 7.87. The Labute approximate surface area is 187 Å². The number of carbonyl (C=O) groups excluding carboxylic acids is 2. The van der Waals surface area contributed by atoms with Crippen molar-refractivity contribution in [1.82, 2.24) is 0 Å². The predicted molar refractivity (Wildman–Crippen MR) is 114 cm³/mol. The van der Waals surface area contributed by atoms with Gasteiger partial charge in [0.05, 0.1) is 25.2 Å². The second-order valence-corrected chi connectivity index (χ2v) is 10.7. The lowest BCUT2D eigenvalue weighted by Crippen LogP contribution is -2.58.